The second-order valence-electron chi connectivity index (χ2n) is 6.34. The van der Waals surface area contributed by atoms with Crippen molar-refractivity contribution in [3.05, 3.63) is 101 Å². The van der Waals surface area contributed by atoms with E-state index in [2.05, 4.69) is 49.4 Å². The summed E-state index contributed by atoms with van der Waals surface area (Å²) < 4.78 is 12.3. The van der Waals surface area contributed by atoms with Crippen LogP contribution >= 0.6 is 0 Å². The highest BCUT2D eigenvalue weighted by Crippen LogP contribution is 2.43. The number of benzene rings is 2. The lowest BCUT2D eigenvalue weighted by molar-refractivity contribution is 0.0401. The van der Waals surface area contributed by atoms with Crippen molar-refractivity contribution in [2.75, 3.05) is 6.61 Å². The third-order valence-electron chi connectivity index (χ3n) is 4.56. The molecule has 0 amide bonds. The number of furan rings is 1. The molecule has 0 saturated heterocycles. The fourth-order valence-corrected chi connectivity index (χ4v) is 3.23. The van der Waals surface area contributed by atoms with Crippen molar-refractivity contribution < 1.29 is 9.15 Å². The lowest BCUT2D eigenvalue weighted by atomic mass is 9.89. The monoisotopic (exact) mass is 316 g/mol. The summed E-state index contributed by atoms with van der Waals surface area (Å²) in [7, 11) is 0. The smallest absolute Gasteiger partial charge is 0.170 e. The Labute approximate surface area is 142 Å². The molecule has 1 unspecified atom stereocenters. The van der Waals surface area contributed by atoms with Crippen molar-refractivity contribution in [2.45, 2.75) is 19.4 Å². The van der Waals surface area contributed by atoms with E-state index in [0.717, 1.165) is 17.1 Å². The Bertz CT molecular complexity index is 872. The molecule has 2 heterocycles. The Morgan fingerprint density at radius 1 is 0.833 bits per heavy atom. The zero-order valence-electron chi connectivity index (χ0n) is 14.0. The predicted molar refractivity (Wildman–Crippen MR) is 95.8 cm³/mol. The molecule has 2 aromatic carbocycles. The number of rotatable bonds is 3. The van der Waals surface area contributed by atoms with Gasteiger partial charge in [-0.2, -0.15) is 0 Å². The van der Waals surface area contributed by atoms with Crippen LogP contribution < -0.4 is 0 Å². The first-order chi connectivity index (χ1) is 11.7. The molecular formula is C22H20O2. The van der Waals surface area contributed by atoms with Gasteiger partial charge < -0.3 is 9.15 Å². The summed E-state index contributed by atoms with van der Waals surface area (Å²) in [5, 5.41) is 0. The molecule has 0 radical (unpaired) electrons. The van der Waals surface area contributed by atoms with Gasteiger partial charge in [0.2, 0.25) is 0 Å². The SMILES string of the molecule is Cc1ccc(C2=CC(c3ccccc3)(c3ccc(C)o3)OC2)cc1. The van der Waals surface area contributed by atoms with Crippen molar-refractivity contribution in [2.24, 2.45) is 0 Å². The summed E-state index contributed by atoms with van der Waals surface area (Å²) >= 11 is 0. The number of aryl methyl sites for hydroxylation is 2. The van der Waals surface area contributed by atoms with Crippen LogP contribution in [0.2, 0.25) is 0 Å². The third kappa shape index (κ3) is 2.49. The van der Waals surface area contributed by atoms with Crippen molar-refractivity contribution in [1.82, 2.24) is 0 Å². The Hall–Kier alpha value is -2.58. The van der Waals surface area contributed by atoms with Crippen LogP contribution in [0, 0.1) is 13.8 Å². The van der Waals surface area contributed by atoms with Crippen LogP contribution in [-0.4, -0.2) is 6.61 Å². The lowest BCUT2D eigenvalue weighted by Crippen LogP contribution is -2.25. The Kier molecular flexibility index (Phi) is 3.62. The topological polar surface area (TPSA) is 22.4 Å². The van der Waals surface area contributed by atoms with E-state index in [1.165, 1.54) is 16.7 Å². The highest BCUT2D eigenvalue weighted by atomic mass is 16.5. The predicted octanol–water partition coefficient (Wildman–Crippen LogP) is 5.25. The third-order valence-corrected chi connectivity index (χ3v) is 4.56. The highest BCUT2D eigenvalue weighted by molar-refractivity contribution is 5.71. The minimum Gasteiger partial charge on any atom is -0.463 e. The van der Waals surface area contributed by atoms with Crippen LogP contribution in [0.25, 0.3) is 5.57 Å². The van der Waals surface area contributed by atoms with E-state index >= 15 is 0 Å². The summed E-state index contributed by atoms with van der Waals surface area (Å²) in [5.74, 6) is 1.72. The summed E-state index contributed by atoms with van der Waals surface area (Å²) in [5.41, 5.74) is 4.07. The average Bonchev–Trinajstić information content (AvgIpc) is 3.24. The van der Waals surface area contributed by atoms with Crippen molar-refractivity contribution in [3.8, 4) is 0 Å². The maximum absolute atomic E-state index is 6.34. The molecule has 120 valence electrons. The first-order valence-corrected chi connectivity index (χ1v) is 8.22. The van der Waals surface area contributed by atoms with E-state index in [1.807, 2.05) is 37.3 Å². The van der Waals surface area contributed by atoms with Gasteiger partial charge in [0.1, 0.15) is 11.5 Å². The molecule has 24 heavy (non-hydrogen) atoms. The second kappa shape index (κ2) is 5.81. The van der Waals surface area contributed by atoms with Crippen LogP contribution in [0.1, 0.15) is 28.2 Å². The van der Waals surface area contributed by atoms with Gasteiger partial charge in [0.05, 0.1) is 6.61 Å². The molecule has 1 aliphatic heterocycles. The Morgan fingerprint density at radius 2 is 1.58 bits per heavy atom. The molecule has 3 aromatic rings. The van der Waals surface area contributed by atoms with E-state index in [4.69, 9.17) is 9.15 Å². The maximum Gasteiger partial charge on any atom is 0.170 e. The van der Waals surface area contributed by atoms with Crippen molar-refractivity contribution in [1.29, 1.82) is 0 Å². The van der Waals surface area contributed by atoms with Gasteiger partial charge in [-0.1, -0.05) is 60.2 Å². The van der Waals surface area contributed by atoms with Crippen molar-refractivity contribution in [3.63, 3.8) is 0 Å². The summed E-state index contributed by atoms with van der Waals surface area (Å²) in [4.78, 5) is 0. The second-order valence-corrected chi connectivity index (χ2v) is 6.34. The van der Waals surface area contributed by atoms with Gasteiger partial charge in [-0.25, -0.2) is 0 Å². The van der Waals surface area contributed by atoms with Crippen LogP contribution in [-0.2, 0) is 10.3 Å². The zero-order chi connectivity index (χ0) is 16.6. The Morgan fingerprint density at radius 3 is 2.25 bits per heavy atom. The summed E-state index contributed by atoms with van der Waals surface area (Å²) in [6, 6.07) is 22.8. The quantitative estimate of drug-likeness (QED) is 0.658. The van der Waals surface area contributed by atoms with Gasteiger partial charge in [-0.3, -0.25) is 0 Å². The molecule has 1 atom stereocenters. The molecule has 1 aliphatic rings. The molecule has 0 aliphatic carbocycles. The van der Waals surface area contributed by atoms with Gasteiger partial charge in [-0.15, -0.1) is 0 Å². The largest absolute Gasteiger partial charge is 0.463 e. The fraction of sp³-hybridized carbons (Fsp3) is 0.182. The van der Waals surface area contributed by atoms with Crippen LogP contribution in [0.5, 0.6) is 0 Å². The molecule has 0 N–H and O–H groups in total. The van der Waals surface area contributed by atoms with Gasteiger partial charge in [0, 0.05) is 0 Å². The van der Waals surface area contributed by atoms with Crippen LogP contribution in [0.15, 0.2) is 77.2 Å². The van der Waals surface area contributed by atoms with E-state index in [0.29, 0.717) is 6.61 Å². The lowest BCUT2D eigenvalue weighted by Gasteiger charge is -2.25. The molecule has 0 spiro atoms. The van der Waals surface area contributed by atoms with Crippen LogP contribution in [0.3, 0.4) is 0 Å². The van der Waals surface area contributed by atoms with E-state index < -0.39 is 5.60 Å². The van der Waals surface area contributed by atoms with Gasteiger partial charge in [0.25, 0.3) is 0 Å². The minimum atomic E-state index is -0.657. The zero-order valence-corrected chi connectivity index (χ0v) is 14.0. The first kappa shape index (κ1) is 15.0. The van der Waals surface area contributed by atoms with Crippen LogP contribution in [0.4, 0.5) is 0 Å². The number of ether oxygens (including phenoxy) is 1. The number of hydrogen-bond acceptors (Lipinski definition) is 2. The molecule has 2 nitrogen and oxygen atoms in total. The standard InChI is InChI=1S/C22H20O2/c1-16-8-11-18(12-9-16)19-14-22(23-15-19,20-6-4-3-5-7-20)21-13-10-17(2)24-21/h3-14H,15H2,1-2H3. The molecule has 4 rings (SSSR count). The van der Waals surface area contributed by atoms with Gasteiger partial charge in [-0.05, 0) is 48.8 Å². The summed E-state index contributed by atoms with van der Waals surface area (Å²) in [6.45, 7) is 4.63. The van der Waals surface area contributed by atoms with E-state index in [-0.39, 0.29) is 0 Å². The molecule has 0 fully saturated rings. The van der Waals surface area contributed by atoms with Gasteiger partial charge >= 0.3 is 0 Å². The van der Waals surface area contributed by atoms with E-state index in [1.54, 1.807) is 0 Å². The minimum absolute atomic E-state index is 0.567. The van der Waals surface area contributed by atoms with Crippen molar-refractivity contribution >= 4 is 5.57 Å². The molecule has 0 saturated carbocycles. The highest BCUT2D eigenvalue weighted by Gasteiger charge is 2.41. The maximum atomic E-state index is 6.34. The van der Waals surface area contributed by atoms with E-state index in [9.17, 15) is 0 Å². The normalized spacial score (nSPS) is 20.2. The Balaban J connectivity index is 1.85. The first-order valence-electron chi connectivity index (χ1n) is 8.22. The molecule has 1 aromatic heterocycles. The van der Waals surface area contributed by atoms with Gasteiger partial charge in [0.15, 0.2) is 5.60 Å². The molecule has 2 heteroatoms. The molecule has 0 bridgehead atoms. The summed E-state index contributed by atoms with van der Waals surface area (Å²) in [6.07, 6.45) is 2.20. The molecular weight excluding hydrogens is 296 g/mol. The fourth-order valence-electron chi connectivity index (χ4n) is 3.23. The number of hydrogen-bond donors (Lipinski definition) is 0. The average molecular weight is 316 g/mol.